The Labute approximate surface area is 76.9 Å². The highest BCUT2D eigenvalue weighted by Gasteiger charge is 2.34. The highest BCUT2D eigenvalue weighted by molar-refractivity contribution is 7.98. The van der Waals surface area contributed by atoms with Crippen LogP contribution < -0.4 is 0 Å². The molecule has 0 aromatic heterocycles. The van der Waals surface area contributed by atoms with E-state index in [0.717, 1.165) is 12.2 Å². The summed E-state index contributed by atoms with van der Waals surface area (Å²) in [6, 6.07) is 0. The van der Waals surface area contributed by atoms with Crippen LogP contribution in [0.2, 0.25) is 5.31 Å². The first kappa shape index (κ1) is 11.4. The molecule has 0 aliphatic carbocycles. The Kier molecular flexibility index (Phi) is 4.03. The van der Waals surface area contributed by atoms with E-state index in [-0.39, 0.29) is 10.7 Å². The Morgan fingerprint density at radius 3 is 1.82 bits per heavy atom. The van der Waals surface area contributed by atoms with E-state index in [1.165, 1.54) is 0 Å². The van der Waals surface area contributed by atoms with Crippen molar-refractivity contribution in [2.45, 2.75) is 39.4 Å². The maximum Gasteiger partial charge on any atom is 0.0746 e. The number of rotatable bonds is 4. The molecule has 1 unspecified atom stereocenters. The second-order valence-electron chi connectivity index (χ2n) is 4.07. The Balaban J connectivity index is 4.33. The fourth-order valence-electron chi connectivity index (χ4n) is 1.06. The van der Waals surface area contributed by atoms with Gasteiger partial charge in [-0.3, -0.25) is 0 Å². The van der Waals surface area contributed by atoms with Crippen molar-refractivity contribution < 1.29 is 0 Å². The van der Waals surface area contributed by atoms with Crippen LogP contribution >= 0.6 is 11.8 Å². The molecule has 0 nitrogen and oxygen atoms in total. The standard InChI is InChI=1S/C9H19BS/c1-6-9(4,7-11-5)8(2,3)10/h6-7H2,1-5H3. The Bertz CT molecular complexity index is 117. The van der Waals surface area contributed by atoms with Gasteiger partial charge >= 0.3 is 0 Å². The lowest BCUT2D eigenvalue weighted by atomic mass is 9.55. The van der Waals surface area contributed by atoms with Gasteiger partial charge < -0.3 is 0 Å². The summed E-state index contributed by atoms with van der Waals surface area (Å²) >= 11 is 1.88. The zero-order valence-corrected chi connectivity index (χ0v) is 9.22. The fourth-order valence-corrected chi connectivity index (χ4v) is 2.28. The first-order chi connectivity index (χ1) is 4.87. The molecule has 0 aromatic rings. The third-order valence-corrected chi connectivity index (χ3v) is 3.72. The molecule has 0 saturated heterocycles. The van der Waals surface area contributed by atoms with Crippen LogP contribution in [0.25, 0.3) is 0 Å². The van der Waals surface area contributed by atoms with Crippen molar-refractivity contribution in [3.8, 4) is 0 Å². The van der Waals surface area contributed by atoms with Gasteiger partial charge in [-0.15, -0.1) is 0 Å². The van der Waals surface area contributed by atoms with E-state index >= 15 is 0 Å². The monoisotopic (exact) mass is 170 g/mol. The summed E-state index contributed by atoms with van der Waals surface area (Å²) in [6.45, 7) is 8.72. The van der Waals surface area contributed by atoms with E-state index in [2.05, 4.69) is 34.0 Å². The lowest BCUT2D eigenvalue weighted by molar-refractivity contribution is 0.265. The van der Waals surface area contributed by atoms with Crippen molar-refractivity contribution >= 4 is 19.6 Å². The van der Waals surface area contributed by atoms with Crippen molar-refractivity contribution in [3.63, 3.8) is 0 Å². The van der Waals surface area contributed by atoms with Crippen LogP contribution in [-0.2, 0) is 0 Å². The quantitative estimate of drug-likeness (QED) is 0.584. The molecule has 0 rings (SSSR count). The van der Waals surface area contributed by atoms with Crippen LogP contribution in [0.3, 0.4) is 0 Å². The molecule has 1 atom stereocenters. The van der Waals surface area contributed by atoms with Crippen LogP contribution in [0.4, 0.5) is 0 Å². The Morgan fingerprint density at radius 1 is 1.27 bits per heavy atom. The summed E-state index contributed by atoms with van der Waals surface area (Å²) in [5.41, 5.74) is 0.270. The molecule has 2 heteroatoms. The molecule has 0 aliphatic rings. The van der Waals surface area contributed by atoms with Gasteiger partial charge in [0.1, 0.15) is 0 Å². The average Bonchev–Trinajstić information content (AvgIpc) is 1.86. The van der Waals surface area contributed by atoms with Crippen molar-refractivity contribution in [2.24, 2.45) is 5.41 Å². The molecule has 0 bridgehead atoms. The van der Waals surface area contributed by atoms with E-state index in [0.29, 0.717) is 0 Å². The highest BCUT2D eigenvalue weighted by atomic mass is 32.2. The molecule has 0 heterocycles. The Morgan fingerprint density at radius 2 is 1.73 bits per heavy atom. The molecule has 64 valence electrons. The second kappa shape index (κ2) is 3.89. The van der Waals surface area contributed by atoms with Crippen molar-refractivity contribution in [1.82, 2.24) is 0 Å². The average molecular weight is 170 g/mol. The van der Waals surface area contributed by atoms with Gasteiger partial charge in [-0.1, -0.05) is 39.4 Å². The van der Waals surface area contributed by atoms with Gasteiger partial charge in [0.25, 0.3) is 0 Å². The van der Waals surface area contributed by atoms with Gasteiger partial charge in [0.15, 0.2) is 0 Å². The zero-order chi connectivity index (χ0) is 9.12. The molecule has 0 N–H and O–H groups in total. The summed E-state index contributed by atoms with van der Waals surface area (Å²) in [7, 11) is 6.10. The topological polar surface area (TPSA) is 0 Å². The van der Waals surface area contributed by atoms with E-state index in [1.807, 2.05) is 11.8 Å². The van der Waals surface area contributed by atoms with Gasteiger partial charge in [0.2, 0.25) is 0 Å². The van der Waals surface area contributed by atoms with Crippen LogP contribution in [0.15, 0.2) is 0 Å². The molecular formula is C9H19BS. The smallest absolute Gasteiger partial charge is 0.0746 e. The minimum atomic E-state index is -0.0647. The predicted molar refractivity (Wildman–Crippen MR) is 56.6 cm³/mol. The fraction of sp³-hybridized carbons (Fsp3) is 1.00. The number of hydrogen-bond donors (Lipinski definition) is 0. The van der Waals surface area contributed by atoms with E-state index in [9.17, 15) is 0 Å². The molecule has 2 radical (unpaired) electrons. The first-order valence-electron chi connectivity index (χ1n) is 4.15. The predicted octanol–water partition coefficient (Wildman–Crippen LogP) is 3.13. The van der Waals surface area contributed by atoms with E-state index in [4.69, 9.17) is 7.85 Å². The lowest BCUT2D eigenvalue weighted by Crippen LogP contribution is -2.31. The van der Waals surface area contributed by atoms with Crippen molar-refractivity contribution in [1.29, 1.82) is 0 Å². The molecule has 0 spiro atoms. The van der Waals surface area contributed by atoms with E-state index < -0.39 is 0 Å². The summed E-state index contributed by atoms with van der Waals surface area (Å²) < 4.78 is 0. The molecule has 11 heavy (non-hydrogen) atoms. The second-order valence-corrected chi connectivity index (χ2v) is 4.93. The minimum Gasteiger partial charge on any atom is -0.165 e. The molecule has 0 aliphatic heterocycles. The number of thioether (sulfide) groups is 1. The van der Waals surface area contributed by atoms with Crippen molar-refractivity contribution in [3.05, 3.63) is 0 Å². The third-order valence-electron chi connectivity index (χ3n) is 2.80. The normalized spacial score (nSPS) is 17.9. The van der Waals surface area contributed by atoms with Gasteiger partial charge in [0.05, 0.1) is 7.85 Å². The van der Waals surface area contributed by atoms with Gasteiger partial charge in [-0.05, 0) is 17.4 Å². The zero-order valence-electron chi connectivity index (χ0n) is 8.40. The van der Waals surface area contributed by atoms with E-state index in [1.54, 1.807) is 0 Å². The molecule has 0 fully saturated rings. The van der Waals surface area contributed by atoms with Gasteiger partial charge in [-0.2, -0.15) is 11.8 Å². The summed E-state index contributed by atoms with van der Waals surface area (Å²) in [6.07, 6.45) is 3.29. The Hall–Kier alpha value is 0.415. The van der Waals surface area contributed by atoms with Gasteiger partial charge in [0, 0.05) is 0 Å². The molecular weight excluding hydrogens is 151 g/mol. The maximum atomic E-state index is 6.10. The van der Waals surface area contributed by atoms with Crippen LogP contribution in [0, 0.1) is 5.41 Å². The van der Waals surface area contributed by atoms with Gasteiger partial charge in [-0.25, -0.2) is 0 Å². The summed E-state index contributed by atoms with van der Waals surface area (Å²) in [4.78, 5) is 0. The maximum absolute atomic E-state index is 6.10. The molecule has 0 amide bonds. The number of hydrogen-bond acceptors (Lipinski definition) is 1. The van der Waals surface area contributed by atoms with Crippen LogP contribution in [0.5, 0.6) is 0 Å². The van der Waals surface area contributed by atoms with Crippen molar-refractivity contribution in [2.75, 3.05) is 12.0 Å². The highest BCUT2D eigenvalue weighted by Crippen LogP contribution is 2.46. The first-order valence-corrected chi connectivity index (χ1v) is 5.54. The SMILES string of the molecule is [B]C(C)(C)C(C)(CC)CSC. The summed E-state index contributed by atoms with van der Waals surface area (Å²) in [5.74, 6) is 1.15. The molecule has 0 saturated carbocycles. The third kappa shape index (κ3) is 2.74. The summed E-state index contributed by atoms with van der Waals surface area (Å²) in [5, 5.41) is -0.0647. The minimum absolute atomic E-state index is 0.0647. The van der Waals surface area contributed by atoms with Crippen LogP contribution in [-0.4, -0.2) is 19.9 Å². The van der Waals surface area contributed by atoms with Crippen LogP contribution in [0.1, 0.15) is 34.1 Å². The molecule has 0 aromatic carbocycles. The largest absolute Gasteiger partial charge is 0.165 e. The lowest BCUT2D eigenvalue weighted by Gasteiger charge is -2.41.